The van der Waals surface area contributed by atoms with Gasteiger partial charge in [-0.1, -0.05) is 38.1 Å². The van der Waals surface area contributed by atoms with Crippen molar-refractivity contribution in [1.82, 2.24) is 0 Å². The van der Waals surface area contributed by atoms with E-state index < -0.39 is 11.6 Å². The number of hydrogen-bond acceptors (Lipinski definition) is 3. The molecule has 0 saturated carbocycles. The second kappa shape index (κ2) is 6.51. The van der Waals surface area contributed by atoms with E-state index in [1.54, 1.807) is 51.1 Å². The first kappa shape index (κ1) is 16.9. The summed E-state index contributed by atoms with van der Waals surface area (Å²) in [7, 11) is 0. The van der Waals surface area contributed by atoms with Crippen LogP contribution in [0.15, 0.2) is 46.9 Å². The fourth-order valence-electron chi connectivity index (χ4n) is 2.46. The Morgan fingerprint density at radius 3 is 2.52 bits per heavy atom. The average Bonchev–Trinajstić information content (AvgIpc) is 2.95. The van der Waals surface area contributed by atoms with Crippen LogP contribution in [0, 0.1) is 18.7 Å². The number of nitrogens with one attached hydrogen (secondary N) is 1. The van der Waals surface area contributed by atoms with Gasteiger partial charge in [0.15, 0.2) is 5.76 Å². The van der Waals surface area contributed by atoms with Gasteiger partial charge in [-0.25, -0.2) is 4.39 Å². The van der Waals surface area contributed by atoms with Crippen molar-refractivity contribution in [2.24, 2.45) is 5.92 Å². The van der Waals surface area contributed by atoms with Crippen molar-refractivity contribution in [1.29, 1.82) is 0 Å². The molecule has 0 aliphatic carbocycles. The molecular weight excluding hydrogens is 321 g/mol. The predicted molar refractivity (Wildman–Crippen MR) is 94.3 cm³/mol. The van der Waals surface area contributed by atoms with E-state index in [0.29, 0.717) is 22.2 Å². The number of aryl methyl sites for hydroxylation is 1. The fourth-order valence-corrected chi connectivity index (χ4v) is 2.46. The minimum absolute atomic E-state index is 0.00143. The van der Waals surface area contributed by atoms with Crippen LogP contribution in [0.5, 0.6) is 0 Å². The number of para-hydroxylation sites is 1. The molecule has 0 unspecified atom stereocenters. The molecule has 0 fully saturated rings. The molecule has 1 amide bonds. The molecule has 2 aromatic carbocycles. The maximum Gasteiger partial charge on any atom is 0.230 e. The second-order valence-electron chi connectivity index (χ2n) is 6.24. The predicted octanol–water partition coefficient (Wildman–Crippen LogP) is 4.71. The van der Waals surface area contributed by atoms with Crippen LogP contribution in [-0.4, -0.2) is 11.7 Å². The van der Waals surface area contributed by atoms with Crippen molar-refractivity contribution in [3.05, 3.63) is 65.2 Å². The molecular formula is C20H18FNO3. The Labute approximate surface area is 144 Å². The highest BCUT2D eigenvalue weighted by atomic mass is 19.1. The Hall–Kier alpha value is -2.95. The third-order valence-corrected chi connectivity index (χ3v) is 4.01. The van der Waals surface area contributed by atoms with Gasteiger partial charge in [0.25, 0.3) is 0 Å². The van der Waals surface area contributed by atoms with Crippen LogP contribution in [0.2, 0.25) is 0 Å². The van der Waals surface area contributed by atoms with Crippen LogP contribution in [0.3, 0.4) is 0 Å². The van der Waals surface area contributed by atoms with Gasteiger partial charge in [0.05, 0.1) is 5.69 Å². The van der Waals surface area contributed by atoms with Crippen molar-refractivity contribution in [2.45, 2.75) is 20.8 Å². The first-order valence-electron chi connectivity index (χ1n) is 8.01. The molecule has 1 aromatic heterocycles. The maximum absolute atomic E-state index is 13.8. The number of furan rings is 1. The van der Waals surface area contributed by atoms with Crippen LogP contribution >= 0.6 is 0 Å². The Balaban J connectivity index is 2.12. The lowest BCUT2D eigenvalue weighted by Crippen LogP contribution is -2.19. The lowest BCUT2D eigenvalue weighted by Gasteiger charge is -2.08. The van der Waals surface area contributed by atoms with Gasteiger partial charge >= 0.3 is 0 Å². The molecule has 1 N–H and O–H groups in total. The number of carbonyl (C=O) groups excluding carboxylic acids is 2. The Kier molecular flexibility index (Phi) is 4.40. The number of rotatable bonds is 4. The second-order valence-corrected chi connectivity index (χ2v) is 6.24. The molecule has 5 heteroatoms. The van der Waals surface area contributed by atoms with Crippen LogP contribution in [-0.2, 0) is 4.79 Å². The molecule has 1 heterocycles. The Bertz CT molecular complexity index is 972. The molecule has 0 saturated heterocycles. The van der Waals surface area contributed by atoms with E-state index in [9.17, 15) is 14.0 Å². The van der Waals surface area contributed by atoms with Crippen molar-refractivity contribution < 1.29 is 18.4 Å². The van der Waals surface area contributed by atoms with Crippen molar-refractivity contribution >= 4 is 28.3 Å². The molecule has 0 spiro atoms. The van der Waals surface area contributed by atoms with Crippen LogP contribution < -0.4 is 5.32 Å². The summed E-state index contributed by atoms with van der Waals surface area (Å²) in [5.41, 5.74) is 1.43. The zero-order chi connectivity index (χ0) is 18.1. The average molecular weight is 339 g/mol. The number of halogens is 1. The number of anilines is 1. The van der Waals surface area contributed by atoms with Gasteiger partial charge in [0.1, 0.15) is 11.4 Å². The normalized spacial score (nSPS) is 11.1. The Morgan fingerprint density at radius 2 is 1.84 bits per heavy atom. The lowest BCUT2D eigenvalue weighted by atomic mass is 10.0. The van der Waals surface area contributed by atoms with Crippen LogP contribution in [0.1, 0.15) is 35.5 Å². The maximum atomic E-state index is 13.8. The summed E-state index contributed by atoms with van der Waals surface area (Å²) in [6.07, 6.45) is 0. The number of ketones is 1. The Morgan fingerprint density at radius 1 is 1.12 bits per heavy atom. The number of fused-ring (bicyclic) bond motifs is 1. The lowest BCUT2D eigenvalue weighted by molar-refractivity contribution is -0.118. The van der Waals surface area contributed by atoms with E-state index in [1.807, 2.05) is 0 Å². The van der Waals surface area contributed by atoms with Gasteiger partial charge in [0.2, 0.25) is 11.7 Å². The molecule has 0 bridgehead atoms. The topological polar surface area (TPSA) is 59.3 Å². The van der Waals surface area contributed by atoms with Crippen molar-refractivity contribution in [3.8, 4) is 0 Å². The molecule has 0 radical (unpaired) electrons. The summed E-state index contributed by atoms with van der Waals surface area (Å²) in [4.78, 5) is 25.0. The molecule has 25 heavy (non-hydrogen) atoms. The summed E-state index contributed by atoms with van der Waals surface area (Å²) in [5.74, 6) is -1.42. The summed E-state index contributed by atoms with van der Waals surface area (Å²) >= 11 is 0. The fraction of sp³-hybridized carbons (Fsp3) is 0.200. The van der Waals surface area contributed by atoms with Crippen molar-refractivity contribution in [2.75, 3.05) is 5.32 Å². The molecule has 0 aliphatic heterocycles. The molecule has 3 aromatic rings. The number of amides is 1. The number of hydrogen-bond donors (Lipinski definition) is 1. The SMILES string of the molecule is Cc1ccc(C(=O)c2oc3ccccc3c2NC(=O)C(C)C)cc1F. The molecule has 4 nitrogen and oxygen atoms in total. The zero-order valence-corrected chi connectivity index (χ0v) is 14.2. The van der Waals surface area contributed by atoms with E-state index in [1.165, 1.54) is 12.1 Å². The van der Waals surface area contributed by atoms with Gasteiger partial charge in [-0.3, -0.25) is 9.59 Å². The first-order chi connectivity index (χ1) is 11.9. The standard InChI is InChI=1S/C20H18FNO3/c1-11(2)20(24)22-17-14-6-4-5-7-16(14)25-19(17)18(23)13-9-8-12(3)15(21)10-13/h4-11H,1-3H3,(H,22,24). The van der Waals surface area contributed by atoms with Gasteiger partial charge < -0.3 is 9.73 Å². The molecule has 0 aliphatic rings. The minimum Gasteiger partial charge on any atom is -0.450 e. The highest BCUT2D eigenvalue weighted by Gasteiger charge is 2.24. The van der Waals surface area contributed by atoms with Gasteiger partial charge in [0, 0.05) is 16.9 Å². The van der Waals surface area contributed by atoms with Crippen molar-refractivity contribution in [3.63, 3.8) is 0 Å². The number of benzene rings is 2. The quantitative estimate of drug-likeness (QED) is 0.701. The summed E-state index contributed by atoms with van der Waals surface area (Å²) in [6.45, 7) is 5.14. The smallest absolute Gasteiger partial charge is 0.230 e. The minimum atomic E-state index is -0.478. The third-order valence-electron chi connectivity index (χ3n) is 4.01. The van der Waals surface area contributed by atoms with E-state index in [2.05, 4.69) is 5.32 Å². The third kappa shape index (κ3) is 3.18. The number of carbonyl (C=O) groups is 2. The molecule has 3 rings (SSSR count). The highest BCUT2D eigenvalue weighted by Crippen LogP contribution is 2.33. The van der Waals surface area contributed by atoms with E-state index in [0.717, 1.165) is 0 Å². The summed E-state index contributed by atoms with van der Waals surface area (Å²) < 4.78 is 19.5. The molecule has 128 valence electrons. The highest BCUT2D eigenvalue weighted by molar-refractivity contribution is 6.17. The van der Waals surface area contributed by atoms with Crippen LogP contribution in [0.4, 0.5) is 10.1 Å². The summed E-state index contributed by atoms with van der Waals surface area (Å²) in [6, 6.07) is 11.3. The van der Waals surface area contributed by atoms with E-state index in [-0.39, 0.29) is 23.1 Å². The monoisotopic (exact) mass is 339 g/mol. The van der Waals surface area contributed by atoms with Crippen LogP contribution in [0.25, 0.3) is 11.0 Å². The molecule has 0 atom stereocenters. The summed E-state index contributed by atoms with van der Waals surface area (Å²) in [5, 5.41) is 3.39. The van der Waals surface area contributed by atoms with E-state index >= 15 is 0 Å². The van der Waals surface area contributed by atoms with Gasteiger partial charge in [-0.2, -0.15) is 0 Å². The van der Waals surface area contributed by atoms with E-state index in [4.69, 9.17) is 4.42 Å². The van der Waals surface area contributed by atoms with Gasteiger partial charge in [-0.15, -0.1) is 0 Å². The largest absolute Gasteiger partial charge is 0.450 e. The first-order valence-corrected chi connectivity index (χ1v) is 8.01. The zero-order valence-electron chi connectivity index (χ0n) is 14.2. The van der Waals surface area contributed by atoms with Gasteiger partial charge in [-0.05, 0) is 30.7 Å².